The van der Waals surface area contributed by atoms with E-state index in [1.165, 1.54) is 51.4 Å². The fourth-order valence-electron chi connectivity index (χ4n) is 3.75. The molecule has 0 heterocycles. The highest BCUT2D eigenvalue weighted by Gasteiger charge is 2.36. The van der Waals surface area contributed by atoms with Crippen molar-refractivity contribution in [2.24, 2.45) is 11.3 Å². The van der Waals surface area contributed by atoms with Crippen LogP contribution >= 0.6 is 0 Å². The third-order valence-electron chi connectivity index (χ3n) is 5.08. The van der Waals surface area contributed by atoms with Crippen LogP contribution < -0.4 is 0 Å². The number of hydrogen-bond donors (Lipinski definition) is 0. The monoisotopic (exact) mass is 326 g/mol. The molecule has 1 fully saturated rings. The summed E-state index contributed by atoms with van der Waals surface area (Å²) < 4.78 is 10.2. The third kappa shape index (κ3) is 6.52. The molecule has 1 saturated carbocycles. The van der Waals surface area contributed by atoms with Gasteiger partial charge in [0.1, 0.15) is 0 Å². The number of carbonyl (C=O) groups is 2. The predicted octanol–water partition coefficient (Wildman–Crippen LogP) is 4.65. The molecule has 0 aliphatic heterocycles. The minimum atomic E-state index is -0.754. The Bertz CT molecular complexity index is 340. The topological polar surface area (TPSA) is 52.6 Å². The van der Waals surface area contributed by atoms with Crippen LogP contribution in [-0.4, -0.2) is 25.2 Å². The third-order valence-corrected chi connectivity index (χ3v) is 5.08. The Balaban J connectivity index is 2.71. The van der Waals surface area contributed by atoms with Crippen LogP contribution in [0.5, 0.6) is 0 Å². The van der Waals surface area contributed by atoms with Gasteiger partial charge in [0.2, 0.25) is 0 Å². The quantitative estimate of drug-likeness (QED) is 0.433. The lowest BCUT2D eigenvalue weighted by molar-refractivity contribution is -0.162. The predicted molar refractivity (Wildman–Crippen MR) is 91.0 cm³/mol. The highest BCUT2D eigenvalue weighted by Crippen LogP contribution is 2.45. The maximum absolute atomic E-state index is 12.1. The van der Waals surface area contributed by atoms with Crippen LogP contribution in [0.4, 0.5) is 0 Å². The van der Waals surface area contributed by atoms with Gasteiger partial charge < -0.3 is 9.47 Å². The molecular weight excluding hydrogens is 292 g/mol. The molecule has 4 nitrogen and oxygen atoms in total. The van der Waals surface area contributed by atoms with Crippen molar-refractivity contribution in [1.82, 2.24) is 0 Å². The molecule has 0 radical (unpaired) electrons. The molecule has 23 heavy (non-hydrogen) atoms. The zero-order valence-corrected chi connectivity index (χ0v) is 15.2. The van der Waals surface area contributed by atoms with Crippen LogP contribution in [0, 0.1) is 11.3 Å². The van der Waals surface area contributed by atoms with Crippen molar-refractivity contribution >= 4 is 11.9 Å². The van der Waals surface area contributed by atoms with Gasteiger partial charge in [0.15, 0.2) is 5.92 Å². The Morgan fingerprint density at radius 2 is 1.48 bits per heavy atom. The average molecular weight is 326 g/mol. The maximum Gasteiger partial charge on any atom is 0.320 e. The Kier molecular flexibility index (Phi) is 9.27. The molecule has 1 rings (SSSR count). The molecular formula is C19H34O4. The Hall–Kier alpha value is -1.06. The van der Waals surface area contributed by atoms with Crippen molar-refractivity contribution in [2.45, 2.75) is 85.0 Å². The number of hydrogen-bond acceptors (Lipinski definition) is 4. The largest absolute Gasteiger partial charge is 0.465 e. The minimum Gasteiger partial charge on any atom is -0.465 e. The van der Waals surface area contributed by atoms with Crippen LogP contribution in [0.3, 0.4) is 0 Å². The highest BCUT2D eigenvalue weighted by atomic mass is 16.6. The molecule has 0 saturated heterocycles. The van der Waals surface area contributed by atoms with E-state index in [0.29, 0.717) is 25.0 Å². The first-order chi connectivity index (χ1) is 11.1. The van der Waals surface area contributed by atoms with Crippen molar-refractivity contribution in [3.05, 3.63) is 0 Å². The van der Waals surface area contributed by atoms with Gasteiger partial charge in [0.05, 0.1) is 13.2 Å². The molecule has 4 heteroatoms. The molecule has 0 aromatic carbocycles. The smallest absolute Gasteiger partial charge is 0.320 e. The lowest BCUT2D eigenvalue weighted by Gasteiger charge is -2.38. The van der Waals surface area contributed by atoms with E-state index in [1.807, 2.05) is 0 Å². The summed E-state index contributed by atoms with van der Waals surface area (Å²) in [4.78, 5) is 24.3. The Morgan fingerprint density at radius 3 is 1.96 bits per heavy atom. The van der Waals surface area contributed by atoms with E-state index in [-0.39, 0.29) is 0 Å². The molecule has 1 aliphatic carbocycles. The Labute approximate surface area is 141 Å². The molecule has 0 amide bonds. The molecule has 0 unspecified atom stereocenters. The lowest BCUT2D eigenvalue weighted by Crippen LogP contribution is -2.31. The van der Waals surface area contributed by atoms with Gasteiger partial charge in [0.25, 0.3) is 0 Å². The van der Waals surface area contributed by atoms with Crippen LogP contribution in [-0.2, 0) is 19.1 Å². The first kappa shape index (κ1) is 20.0. The summed E-state index contributed by atoms with van der Waals surface area (Å²) >= 11 is 0. The zero-order chi connectivity index (χ0) is 17.1. The van der Waals surface area contributed by atoms with E-state index in [0.717, 1.165) is 6.42 Å². The van der Waals surface area contributed by atoms with Crippen LogP contribution in [0.15, 0.2) is 0 Å². The van der Waals surface area contributed by atoms with Gasteiger partial charge in [-0.3, -0.25) is 9.59 Å². The number of unbranched alkanes of at least 4 members (excludes halogenated alkanes) is 1. The fourth-order valence-corrected chi connectivity index (χ4v) is 3.75. The molecule has 0 aromatic heterocycles. The number of ether oxygens (including phenoxy) is 2. The molecule has 0 N–H and O–H groups in total. The summed E-state index contributed by atoms with van der Waals surface area (Å²) in [7, 11) is 0. The lowest BCUT2D eigenvalue weighted by atomic mass is 9.67. The first-order valence-electron chi connectivity index (χ1n) is 9.41. The summed E-state index contributed by atoms with van der Waals surface area (Å²) in [6.07, 6.45) is 11.4. The highest BCUT2D eigenvalue weighted by molar-refractivity contribution is 5.94. The number of rotatable bonds is 10. The summed E-state index contributed by atoms with van der Waals surface area (Å²) in [6, 6.07) is 0. The van der Waals surface area contributed by atoms with Gasteiger partial charge in [-0.15, -0.1) is 0 Å². The second-order valence-corrected chi connectivity index (χ2v) is 6.76. The van der Waals surface area contributed by atoms with Gasteiger partial charge in [-0.05, 0) is 51.4 Å². The van der Waals surface area contributed by atoms with Crippen LogP contribution in [0.25, 0.3) is 0 Å². The molecule has 1 aliphatic rings. The van der Waals surface area contributed by atoms with Crippen molar-refractivity contribution in [3.8, 4) is 0 Å². The zero-order valence-electron chi connectivity index (χ0n) is 15.2. The summed E-state index contributed by atoms with van der Waals surface area (Å²) in [5, 5.41) is 0. The molecule has 0 bridgehead atoms. The van der Waals surface area contributed by atoms with Gasteiger partial charge in [0, 0.05) is 0 Å². The van der Waals surface area contributed by atoms with E-state index >= 15 is 0 Å². The van der Waals surface area contributed by atoms with Gasteiger partial charge in [-0.25, -0.2) is 0 Å². The van der Waals surface area contributed by atoms with E-state index in [2.05, 4.69) is 6.92 Å². The van der Waals surface area contributed by atoms with E-state index in [9.17, 15) is 9.59 Å². The average Bonchev–Trinajstić information content (AvgIpc) is 2.55. The Morgan fingerprint density at radius 1 is 0.913 bits per heavy atom. The normalized spacial score (nSPS) is 17.0. The summed E-state index contributed by atoms with van der Waals surface area (Å²) in [6.45, 7) is 6.36. The number of carbonyl (C=O) groups excluding carboxylic acids is 2. The van der Waals surface area contributed by atoms with E-state index in [4.69, 9.17) is 9.47 Å². The van der Waals surface area contributed by atoms with Gasteiger partial charge in [-0.1, -0.05) is 39.0 Å². The fraction of sp³-hybridized carbons (Fsp3) is 0.895. The van der Waals surface area contributed by atoms with Crippen molar-refractivity contribution in [3.63, 3.8) is 0 Å². The van der Waals surface area contributed by atoms with Crippen molar-refractivity contribution in [1.29, 1.82) is 0 Å². The molecule has 134 valence electrons. The van der Waals surface area contributed by atoms with Crippen molar-refractivity contribution in [2.75, 3.05) is 13.2 Å². The first-order valence-corrected chi connectivity index (χ1v) is 9.41. The van der Waals surface area contributed by atoms with E-state index in [1.54, 1.807) is 13.8 Å². The maximum atomic E-state index is 12.1. The summed E-state index contributed by atoms with van der Waals surface area (Å²) in [5.41, 5.74) is 0.311. The standard InChI is InChI=1S/C19H34O4/c1-4-7-12-19(13-9-8-10-14-19)15-11-16(17(20)22-5-2)18(21)23-6-3/h16H,4-15H2,1-3H3. The van der Waals surface area contributed by atoms with Crippen molar-refractivity contribution < 1.29 is 19.1 Å². The van der Waals surface area contributed by atoms with Gasteiger partial charge >= 0.3 is 11.9 Å². The molecule has 0 atom stereocenters. The molecule has 0 aromatic rings. The number of esters is 2. The van der Waals surface area contributed by atoms with Crippen LogP contribution in [0.1, 0.15) is 85.0 Å². The second-order valence-electron chi connectivity index (χ2n) is 6.76. The van der Waals surface area contributed by atoms with Gasteiger partial charge in [-0.2, -0.15) is 0 Å². The summed E-state index contributed by atoms with van der Waals surface area (Å²) in [5.74, 6) is -1.60. The van der Waals surface area contributed by atoms with E-state index < -0.39 is 17.9 Å². The molecule has 0 spiro atoms. The SMILES string of the molecule is CCCCC1(CCC(C(=O)OCC)C(=O)OCC)CCCCC1. The minimum absolute atomic E-state index is 0.301. The van der Waals surface area contributed by atoms with Crippen LogP contribution in [0.2, 0.25) is 0 Å². The second kappa shape index (κ2) is 10.7.